The number of fused-ring (bicyclic) bond motifs is 1. The molecule has 0 aliphatic rings. The predicted octanol–water partition coefficient (Wildman–Crippen LogP) is 2.91. The molecular formula is C16H26N4. The molecule has 0 amide bonds. The number of anilines is 1. The van der Waals surface area contributed by atoms with Gasteiger partial charge in [-0.1, -0.05) is 6.92 Å². The minimum absolute atomic E-state index is 0.0809. The number of hydrogen-bond donors (Lipinski definition) is 1. The van der Waals surface area contributed by atoms with E-state index in [0.717, 1.165) is 36.4 Å². The second-order valence-corrected chi connectivity index (χ2v) is 6.32. The van der Waals surface area contributed by atoms with Gasteiger partial charge in [-0.2, -0.15) is 0 Å². The number of aromatic nitrogens is 2. The van der Waals surface area contributed by atoms with Gasteiger partial charge in [0.05, 0.1) is 11.0 Å². The molecule has 0 aliphatic carbocycles. The zero-order valence-electron chi connectivity index (χ0n) is 13.3. The van der Waals surface area contributed by atoms with E-state index in [0.29, 0.717) is 0 Å². The summed E-state index contributed by atoms with van der Waals surface area (Å²) in [6, 6.07) is 6.01. The van der Waals surface area contributed by atoms with Gasteiger partial charge in [0, 0.05) is 24.2 Å². The Labute approximate surface area is 121 Å². The molecule has 2 N–H and O–H groups in total. The van der Waals surface area contributed by atoms with Crippen molar-refractivity contribution >= 4 is 16.7 Å². The van der Waals surface area contributed by atoms with Gasteiger partial charge in [-0.3, -0.25) is 0 Å². The topological polar surface area (TPSA) is 47.1 Å². The summed E-state index contributed by atoms with van der Waals surface area (Å²) in [6.45, 7) is 7.63. The zero-order valence-corrected chi connectivity index (χ0v) is 13.3. The third-order valence-electron chi connectivity index (χ3n) is 4.08. The molecule has 4 nitrogen and oxygen atoms in total. The van der Waals surface area contributed by atoms with Gasteiger partial charge in [-0.25, -0.2) is 4.98 Å². The maximum atomic E-state index is 5.88. The van der Waals surface area contributed by atoms with Crippen molar-refractivity contribution in [2.45, 2.75) is 45.7 Å². The molecule has 0 spiro atoms. The van der Waals surface area contributed by atoms with E-state index < -0.39 is 0 Å². The zero-order chi connectivity index (χ0) is 14.9. The number of nitrogens with two attached hydrogens (primary N) is 1. The van der Waals surface area contributed by atoms with Gasteiger partial charge < -0.3 is 15.2 Å². The summed E-state index contributed by atoms with van der Waals surface area (Å²) >= 11 is 0. The van der Waals surface area contributed by atoms with Crippen LogP contribution in [0.2, 0.25) is 0 Å². The van der Waals surface area contributed by atoms with Crippen LogP contribution < -0.4 is 5.73 Å². The Hall–Kier alpha value is -1.55. The van der Waals surface area contributed by atoms with Crippen molar-refractivity contribution in [3.05, 3.63) is 24.0 Å². The molecule has 1 aromatic carbocycles. The predicted molar refractivity (Wildman–Crippen MR) is 85.9 cm³/mol. The number of hydrogen-bond acceptors (Lipinski definition) is 3. The van der Waals surface area contributed by atoms with Crippen molar-refractivity contribution in [3.63, 3.8) is 0 Å². The van der Waals surface area contributed by atoms with E-state index in [9.17, 15) is 0 Å². The lowest BCUT2D eigenvalue weighted by Gasteiger charge is -2.33. The molecule has 4 heteroatoms. The van der Waals surface area contributed by atoms with E-state index in [1.807, 2.05) is 12.1 Å². The number of aryl methyl sites for hydroxylation is 1. The highest BCUT2D eigenvalue weighted by molar-refractivity contribution is 5.79. The highest BCUT2D eigenvalue weighted by atomic mass is 15.2. The minimum Gasteiger partial charge on any atom is -0.399 e. The van der Waals surface area contributed by atoms with E-state index in [1.165, 1.54) is 5.52 Å². The first-order valence-electron chi connectivity index (χ1n) is 7.27. The van der Waals surface area contributed by atoms with Crippen molar-refractivity contribution in [1.29, 1.82) is 0 Å². The van der Waals surface area contributed by atoms with E-state index >= 15 is 0 Å². The first kappa shape index (κ1) is 14.9. The monoisotopic (exact) mass is 274 g/mol. The number of nitrogen functional groups attached to an aromatic ring is 1. The van der Waals surface area contributed by atoms with Crippen molar-refractivity contribution in [2.75, 3.05) is 19.8 Å². The molecule has 0 atom stereocenters. The molecule has 2 rings (SSSR count). The van der Waals surface area contributed by atoms with Gasteiger partial charge in [0.1, 0.15) is 5.82 Å². The standard InChI is InChI=1S/C16H26N4/c1-6-7-15-18-13-10-12(17)8-9-14(13)20(15)11-16(2,3)19(4)5/h8-10H,6-7,11,17H2,1-5H3. The van der Waals surface area contributed by atoms with Gasteiger partial charge >= 0.3 is 0 Å². The Balaban J connectivity index is 2.51. The van der Waals surface area contributed by atoms with E-state index in [1.54, 1.807) is 0 Å². The Bertz CT molecular complexity index is 596. The van der Waals surface area contributed by atoms with Gasteiger partial charge in [0.15, 0.2) is 0 Å². The molecule has 2 aromatic rings. The fourth-order valence-corrected chi connectivity index (χ4v) is 2.32. The van der Waals surface area contributed by atoms with Crippen LogP contribution in [0.4, 0.5) is 5.69 Å². The molecule has 110 valence electrons. The minimum atomic E-state index is 0.0809. The second kappa shape index (κ2) is 5.44. The normalized spacial score (nSPS) is 12.5. The molecule has 0 aliphatic heterocycles. The van der Waals surface area contributed by atoms with Crippen molar-refractivity contribution in [2.24, 2.45) is 0 Å². The van der Waals surface area contributed by atoms with Crippen molar-refractivity contribution < 1.29 is 0 Å². The summed E-state index contributed by atoms with van der Waals surface area (Å²) in [7, 11) is 4.24. The summed E-state index contributed by atoms with van der Waals surface area (Å²) in [5, 5.41) is 0. The number of nitrogens with zero attached hydrogens (tertiary/aromatic N) is 3. The SMILES string of the molecule is CCCc1nc2cc(N)ccc2n1CC(C)(C)N(C)C. The summed E-state index contributed by atoms with van der Waals surface area (Å²) in [5.41, 5.74) is 8.91. The molecule has 0 fully saturated rings. The largest absolute Gasteiger partial charge is 0.399 e. The number of benzene rings is 1. The quantitative estimate of drug-likeness (QED) is 0.853. The third kappa shape index (κ3) is 2.80. The maximum absolute atomic E-state index is 5.88. The summed E-state index contributed by atoms with van der Waals surface area (Å²) < 4.78 is 2.35. The maximum Gasteiger partial charge on any atom is 0.109 e. The summed E-state index contributed by atoms with van der Waals surface area (Å²) in [4.78, 5) is 7.03. The lowest BCUT2D eigenvalue weighted by atomic mass is 10.0. The van der Waals surface area contributed by atoms with Crippen LogP contribution in [0.15, 0.2) is 18.2 Å². The van der Waals surface area contributed by atoms with E-state index in [2.05, 4.69) is 50.4 Å². The molecule has 0 saturated heterocycles. The fourth-order valence-electron chi connectivity index (χ4n) is 2.32. The first-order chi connectivity index (χ1) is 9.35. The van der Waals surface area contributed by atoms with Crippen LogP contribution in [0.5, 0.6) is 0 Å². The number of imidazole rings is 1. The molecule has 0 radical (unpaired) electrons. The Morgan fingerprint density at radius 3 is 2.60 bits per heavy atom. The van der Waals surface area contributed by atoms with Crippen LogP contribution in [-0.4, -0.2) is 34.1 Å². The molecule has 0 saturated carbocycles. The van der Waals surface area contributed by atoms with Crippen LogP contribution >= 0.6 is 0 Å². The highest BCUT2D eigenvalue weighted by Gasteiger charge is 2.23. The summed E-state index contributed by atoms with van der Waals surface area (Å²) in [6.07, 6.45) is 2.10. The van der Waals surface area contributed by atoms with Crippen LogP contribution in [0.1, 0.15) is 33.0 Å². The first-order valence-corrected chi connectivity index (χ1v) is 7.27. The van der Waals surface area contributed by atoms with Crippen LogP contribution in [0.3, 0.4) is 0 Å². The van der Waals surface area contributed by atoms with Crippen molar-refractivity contribution in [1.82, 2.24) is 14.5 Å². The average molecular weight is 274 g/mol. The molecule has 1 heterocycles. The van der Waals surface area contributed by atoms with Gasteiger partial charge in [0.25, 0.3) is 0 Å². The third-order valence-corrected chi connectivity index (χ3v) is 4.08. The highest BCUT2D eigenvalue weighted by Crippen LogP contribution is 2.23. The second-order valence-electron chi connectivity index (χ2n) is 6.32. The average Bonchev–Trinajstić information content (AvgIpc) is 2.66. The molecule has 20 heavy (non-hydrogen) atoms. The summed E-state index contributed by atoms with van der Waals surface area (Å²) in [5.74, 6) is 1.16. The molecule has 0 bridgehead atoms. The van der Waals surface area contributed by atoms with Gasteiger partial charge in [0.2, 0.25) is 0 Å². The lowest BCUT2D eigenvalue weighted by molar-refractivity contribution is 0.170. The van der Waals surface area contributed by atoms with Crippen LogP contribution in [0, 0.1) is 0 Å². The Kier molecular flexibility index (Phi) is 4.04. The molecular weight excluding hydrogens is 248 g/mol. The fraction of sp³-hybridized carbons (Fsp3) is 0.562. The van der Waals surface area contributed by atoms with E-state index in [4.69, 9.17) is 10.7 Å². The Morgan fingerprint density at radius 2 is 2.00 bits per heavy atom. The van der Waals surface area contributed by atoms with Crippen LogP contribution in [-0.2, 0) is 13.0 Å². The smallest absolute Gasteiger partial charge is 0.109 e. The number of likely N-dealkylation sites (N-methyl/N-ethyl adjacent to an activating group) is 1. The molecule has 1 aromatic heterocycles. The van der Waals surface area contributed by atoms with E-state index in [-0.39, 0.29) is 5.54 Å². The van der Waals surface area contributed by atoms with Gasteiger partial charge in [-0.15, -0.1) is 0 Å². The molecule has 0 unspecified atom stereocenters. The van der Waals surface area contributed by atoms with Crippen LogP contribution in [0.25, 0.3) is 11.0 Å². The number of rotatable bonds is 5. The van der Waals surface area contributed by atoms with Crippen molar-refractivity contribution in [3.8, 4) is 0 Å². The van der Waals surface area contributed by atoms with Gasteiger partial charge in [-0.05, 0) is 52.6 Å². The lowest BCUT2D eigenvalue weighted by Crippen LogP contribution is -2.42. The Morgan fingerprint density at radius 1 is 1.30 bits per heavy atom.